The van der Waals surface area contributed by atoms with Crippen LogP contribution in [-0.2, 0) is 0 Å². The standard InChI is InChI=1S/C19H16BrClN4O2S/c1-9-5-11(3-4-13(9)21)25-8-23-16-14-15(24-10(2)7-26)12(20)6-22-18(14)28-17(16)19(25)27/h3-6,8,10,26H,7H2,1-2H3,(H,22,24)/t10-/m1/s1. The number of aryl methyl sites for hydroxylation is 1. The summed E-state index contributed by atoms with van der Waals surface area (Å²) >= 11 is 10.9. The van der Waals surface area contributed by atoms with Gasteiger partial charge in [-0.2, -0.15) is 0 Å². The van der Waals surface area contributed by atoms with E-state index in [1.54, 1.807) is 18.3 Å². The minimum absolute atomic E-state index is 0.0194. The number of hydrogen-bond donors (Lipinski definition) is 2. The zero-order valence-electron chi connectivity index (χ0n) is 15.0. The summed E-state index contributed by atoms with van der Waals surface area (Å²) in [5.41, 5.74) is 2.79. The summed E-state index contributed by atoms with van der Waals surface area (Å²) in [5, 5.41) is 14.1. The van der Waals surface area contributed by atoms with E-state index in [1.807, 2.05) is 19.9 Å². The first-order chi connectivity index (χ1) is 13.4. The monoisotopic (exact) mass is 478 g/mol. The van der Waals surface area contributed by atoms with Crippen molar-refractivity contribution in [3.63, 3.8) is 0 Å². The van der Waals surface area contributed by atoms with Gasteiger partial charge in [-0.25, -0.2) is 9.97 Å². The van der Waals surface area contributed by atoms with Crippen LogP contribution >= 0.6 is 38.9 Å². The topological polar surface area (TPSA) is 80.0 Å². The molecule has 0 aliphatic rings. The van der Waals surface area contributed by atoms with Gasteiger partial charge >= 0.3 is 0 Å². The Morgan fingerprint density at radius 2 is 2.18 bits per heavy atom. The smallest absolute Gasteiger partial charge is 0.275 e. The normalized spacial score (nSPS) is 12.6. The second-order valence-corrected chi connectivity index (χ2v) is 8.78. The fourth-order valence-corrected chi connectivity index (χ4v) is 4.54. The molecule has 28 heavy (non-hydrogen) atoms. The number of benzene rings is 1. The molecule has 9 heteroatoms. The van der Waals surface area contributed by atoms with Crippen LogP contribution in [0.4, 0.5) is 5.69 Å². The Morgan fingerprint density at radius 3 is 2.89 bits per heavy atom. The largest absolute Gasteiger partial charge is 0.394 e. The number of aliphatic hydroxyl groups excluding tert-OH is 1. The van der Waals surface area contributed by atoms with Gasteiger partial charge < -0.3 is 10.4 Å². The van der Waals surface area contributed by atoms with Crippen molar-refractivity contribution in [2.45, 2.75) is 19.9 Å². The van der Waals surface area contributed by atoms with E-state index in [2.05, 4.69) is 31.2 Å². The highest BCUT2D eigenvalue weighted by Crippen LogP contribution is 2.38. The van der Waals surface area contributed by atoms with Crippen LogP contribution in [0, 0.1) is 6.92 Å². The Bertz CT molecular complexity index is 1270. The van der Waals surface area contributed by atoms with E-state index in [9.17, 15) is 9.90 Å². The zero-order chi connectivity index (χ0) is 20.0. The van der Waals surface area contributed by atoms with Gasteiger partial charge in [-0.1, -0.05) is 11.6 Å². The molecule has 0 radical (unpaired) electrons. The molecule has 0 saturated heterocycles. The zero-order valence-corrected chi connectivity index (χ0v) is 18.2. The average Bonchev–Trinajstić information content (AvgIpc) is 3.06. The van der Waals surface area contributed by atoms with Gasteiger partial charge in [0.25, 0.3) is 5.56 Å². The molecule has 0 spiro atoms. The summed E-state index contributed by atoms with van der Waals surface area (Å²) in [4.78, 5) is 22.9. The fourth-order valence-electron chi connectivity index (χ4n) is 2.97. The lowest BCUT2D eigenvalue weighted by atomic mass is 10.2. The lowest BCUT2D eigenvalue weighted by Crippen LogP contribution is -2.20. The van der Waals surface area contributed by atoms with Gasteiger partial charge in [0.05, 0.1) is 27.8 Å². The van der Waals surface area contributed by atoms with E-state index < -0.39 is 0 Å². The Morgan fingerprint density at radius 1 is 1.39 bits per heavy atom. The van der Waals surface area contributed by atoms with Crippen molar-refractivity contribution >= 4 is 65.0 Å². The molecular weight excluding hydrogens is 464 g/mol. The maximum atomic E-state index is 13.2. The molecule has 0 aliphatic carbocycles. The lowest BCUT2D eigenvalue weighted by Gasteiger charge is -2.15. The SMILES string of the molecule is Cc1cc(-n2cnc3c(sc4ncc(Br)c(N[C@H](C)CO)c43)c2=O)ccc1Cl. The molecule has 0 amide bonds. The number of hydrogen-bond acceptors (Lipinski definition) is 6. The molecular formula is C19H16BrClN4O2S. The summed E-state index contributed by atoms with van der Waals surface area (Å²) in [5.74, 6) is 0. The molecule has 0 aliphatic heterocycles. The number of aromatic nitrogens is 3. The number of rotatable bonds is 4. The van der Waals surface area contributed by atoms with Crippen LogP contribution in [0.5, 0.6) is 0 Å². The molecule has 3 heterocycles. The number of pyridine rings is 1. The first-order valence-electron chi connectivity index (χ1n) is 8.53. The molecule has 6 nitrogen and oxygen atoms in total. The highest BCUT2D eigenvalue weighted by atomic mass is 79.9. The van der Waals surface area contributed by atoms with Gasteiger partial charge in [-0.15, -0.1) is 11.3 Å². The van der Waals surface area contributed by atoms with Crippen molar-refractivity contribution in [3.8, 4) is 5.69 Å². The second-order valence-electron chi connectivity index (χ2n) is 6.52. The van der Waals surface area contributed by atoms with E-state index >= 15 is 0 Å². The quantitative estimate of drug-likeness (QED) is 0.450. The van der Waals surface area contributed by atoms with Gasteiger partial charge in [-0.3, -0.25) is 9.36 Å². The maximum absolute atomic E-state index is 13.2. The summed E-state index contributed by atoms with van der Waals surface area (Å²) in [6.07, 6.45) is 3.21. The minimum Gasteiger partial charge on any atom is -0.394 e. The number of nitrogens with zero attached hydrogens (tertiary/aromatic N) is 3. The maximum Gasteiger partial charge on any atom is 0.275 e. The Hall–Kier alpha value is -2.00. The number of halogens is 2. The van der Waals surface area contributed by atoms with Crippen molar-refractivity contribution < 1.29 is 5.11 Å². The van der Waals surface area contributed by atoms with Crippen molar-refractivity contribution in [1.29, 1.82) is 0 Å². The van der Waals surface area contributed by atoms with E-state index in [0.717, 1.165) is 21.1 Å². The molecule has 2 N–H and O–H groups in total. The molecule has 0 unspecified atom stereocenters. The van der Waals surface area contributed by atoms with Gasteiger partial charge in [-0.05, 0) is 53.5 Å². The third-order valence-corrected chi connectivity index (χ3v) is 6.55. The molecule has 0 fully saturated rings. The van der Waals surface area contributed by atoms with Crippen LogP contribution in [0.1, 0.15) is 12.5 Å². The average molecular weight is 480 g/mol. The third kappa shape index (κ3) is 3.20. The van der Waals surface area contributed by atoms with E-state index in [4.69, 9.17) is 11.6 Å². The van der Waals surface area contributed by atoms with Crippen LogP contribution in [0.25, 0.3) is 26.1 Å². The predicted molar refractivity (Wildman–Crippen MR) is 118 cm³/mol. The second kappa shape index (κ2) is 7.44. The molecule has 3 aromatic heterocycles. The van der Waals surface area contributed by atoms with E-state index in [0.29, 0.717) is 25.8 Å². The first-order valence-corrected chi connectivity index (χ1v) is 10.5. The number of fused-ring (bicyclic) bond motifs is 3. The highest BCUT2D eigenvalue weighted by Gasteiger charge is 2.19. The lowest BCUT2D eigenvalue weighted by molar-refractivity contribution is 0.281. The molecule has 4 rings (SSSR count). The van der Waals surface area contributed by atoms with Crippen LogP contribution in [0.15, 0.2) is 40.0 Å². The molecule has 144 valence electrons. The fraction of sp³-hybridized carbons (Fsp3) is 0.211. The summed E-state index contributed by atoms with van der Waals surface area (Å²) < 4.78 is 2.79. The predicted octanol–water partition coefficient (Wildman–Crippen LogP) is 4.51. The van der Waals surface area contributed by atoms with Crippen molar-refractivity contribution in [2.75, 3.05) is 11.9 Å². The van der Waals surface area contributed by atoms with Crippen molar-refractivity contribution in [1.82, 2.24) is 14.5 Å². The number of aliphatic hydroxyl groups is 1. The van der Waals surface area contributed by atoms with Crippen LogP contribution in [0.2, 0.25) is 5.02 Å². The van der Waals surface area contributed by atoms with Crippen molar-refractivity contribution in [2.24, 2.45) is 0 Å². The van der Waals surface area contributed by atoms with Gasteiger partial charge in [0, 0.05) is 17.3 Å². The number of anilines is 1. The molecule has 1 aromatic carbocycles. The molecule has 0 bridgehead atoms. The molecule has 0 saturated carbocycles. The molecule has 1 atom stereocenters. The molecule has 4 aromatic rings. The number of nitrogens with one attached hydrogen (secondary N) is 1. The van der Waals surface area contributed by atoms with Crippen molar-refractivity contribution in [3.05, 3.63) is 56.1 Å². The van der Waals surface area contributed by atoms with Gasteiger partial charge in [0.2, 0.25) is 0 Å². The van der Waals surface area contributed by atoms with Gasteiger partial charge in [0.15, 0.2) is 0 Å². The minimum atomic E-state index is -0.160. The van der Waals surface area contributed by atoms with E-state index in [1.165, 1.54) is 22.2 Å². The van der Waals surface area contributed by atoms with Crippen LogP contribution in [0.3, 0.4) is 0 Å². The Kier molecular flexibility index (Phi) is 5.13. The summed E-state index contributed by atoms with van der Waals surface area (Å²) in [7, 11) is 0. The first kappa shape index (κ1) is 19.3. The highest BCUT2D eigenvalue weighted by molar-refractivity contribution is 9.10. The Balaban J connectivity index is 1.97. The summed E-state index contributed by atoms with van der Waals surface area (Å²) in [6, 6.07) is 5.26. The number of thiophene rings is 1. The van der Waals surface area contributed by atoms with E-state index in [-0.39, 0.29) is 18.2 Å². The third-order valence-electron chi connectivity index (χ3n) is 4.45. The Labute approximate surface area is 177 Å². The van der Waals surface area contributed by atoms with Crippen LogP contribution in [-0.4, -0.2) is 32.3 Å². The van der Waals surface area contributed by atoms with Crippen LogP contribution < -0.4 is 10.9 Å². The summed E-state index contributed by atoms with van der Waals surface area (Å²) in [6.45, 7) is 3.75. The van der Waals surface area contributed by atoms with Gasteiger partial charge in [0.1, 0.15) is 21.4 Å².